The van der Waals surface area contributed by atoms with Crippen LogP contribution in [-0.2, 0) is 4.79 Å². The average Bonchev–Trinajstić information content (AvgIpc) is 3.16. The number of benzene rings is 2. The van der Waals surface area contributed by atoms with E-state index in [2.05, 4.69) is 10.5 Å². The fourth-order valence-corrected chi connectivity index (χ4v) is 2.63. The summed E-state index contributed by atoms with van der Waals surface area (Å²) in [6, 6.07) is 11.7. The Hall–Kier alpha value is -4.01. The van der Waals surface area contributed by atoms with Crippen LogP contribution in [0.2, 0.25) is 0 Å². The van der Waals surface area contributed by atoms with Crippen molar-refractivity contribution in [1.29, 1.82) is 0 Å². The van der Waals surface area contributed by atoms with Crippen molar-refractivity contribution in [1.82, 2.24) is 5.43 Å². The van der Waals surface area contributed by atoms with E-state index in [4.69, 9.17) is 23.7 Å². The predicted molar refractivity (Wildman–Crippen MR) is 109 cm³/mol. The summed E-state index contributed by atoms with van der Waals surface area (Å²) in [4.78, 5) is 22.9. The number of aliphatic carboxylic acids is 1. The number of amides is 1. The molecule has 156 valence electrons. The number of methoxy groups -OCH3 is 1. The molecule has 0 aliphatic carbocycles. The van der Waals surface area contributed by atoms with E-state index >= 15 is 0 Å². The summed E-state index contributed by atoms with van der Waals surface area (Å²) in [6.45, 7) is 1.95. The molecule has 1 amide bonds. The molecule has 0 spiro atoms. The molecule has 0 unspecified atom stereocenters. The minimum Gasteiger partial charge on any atom is -0.494 e. The summed E-state index contributed by atoms with van der Waals surface area (Å²) >= 11 is 0. The van der Waals surface area contributed by atoms with E-state index in [-0.39, 0.29) is 11.5 Å². The molecule has 0 saturated carbocycles. The molecular weight excluding hydrogens is 392 g/mol. The van der Waals surface area contributed by atoms with E-state index in [9.17, 15) is 9.59 Å². The predicted octanol–water partition coefficient (Wildman–Crippen LogP) is 3.07. The first-order chi connectivity index (χ1) is 14.5. The van der Waals surface area contributed by atoms with Gasteiger partial charge in [-0.15, -0.1) is 0 Å². The second-order valence-electron chi connectivity index (χ2n) is 6.04. The van der Waals surface area contributed by atoms with Crippen LogP contribution in [0.1, 0.15) is 23.0 Å². The van der Waals surface area contributed by atoms with Crippen LogP contribution in [0.25, 0.3) is 11.0 Å². The molecule has 3 aromatic rings. The Balaban J connectivity index is 1.66. The third-order valence-electron chi connectivity index (χ3n) is 3.94. The highest BCUT2D eigenvalue weighted by Crippen LogP contribution is 2.27. The van der Waals surface area contributed by atoms with E-state index in [0.29, 0.717) is 29.3 Å². The number of fused-ring (bicyclic) bond motifs is 1. The molecule has 0 fully saturated rings. The maximum absolute atomic E-state index is 12.3. The van der Waals surface area contributed by atoms with Crippen molar-refractivity contribution in [3.8, 4) is 17.2 Å². The third-order valence-corrected chi connectivity index (χ3v) is 3.94. The molecule has 9 heteroatoms. The highest BCUT2D eigenvalue weighted by molar-refractivity contribution is 5.96. The first-order valence-corrected chi connectivity index (χ1v) is 9.02. The van der Waals surface area contributed by atoms with Crippen LogP contribution in [-0.4, -0.2) is 43.5 Å². The second kappa shape index (κ2) is 9.46. The zero-order valence-corrected chi connectivity index (χ0v) is 16.4. The number of carbonyl (C=O) groups excluding carboxylic acids is 1. The van der Waals surface area contributed by atoms with E-state index in [1.54, 1.807) is 42.5 Å². The summed E-state index contributed by atoms with van der Waals surface area (Å²) in [5.74, 6) is -0.158. The van der Waals surface area contributed by atoms with Gasteiger partial charge in [0.1, 0.15) is 11.3 Å². The summed E-state index contributed by atoms with van der Waals surface area (Å²) in [7, 11) is 1.43. The van der Waals surface area contributed by atoms with Crippen molar-refractivity contribution in [2.45, 2.75) is 6.92 Å². The van der Waals surface area contributed by atoms with E-state index < -0.39 is 18.5 Å². The van der Waals surface area contributed by atoms with Gasteiger partial charge in [-0.3, -0.25) is 4.79 Å². The van der Waals surface area contributed by atoms with Crippen LogP contribution in [0.5, 0.6) is 17.2 Å². The van der Waals surface area contributed by atoms with Crippen LogP contribution in [0.3, 0.4) is 0 Å². The quantitative estimate of drug-likeness (QED) is 0.409. The minimum atomic E-state index is -1.09. The first kappa shape index (κ1) is 20.7. The number of nitrogens with one attached hydrogen (secondary N) is 1. The molecule has 1 aromatic heterocycles. The number of ether oxygens (including phenoxy) is 3. The topological polar surface area (TPSA) is 120 Å². The normalized spacial score (nSPS) is 10.9. The molecular formula is C21H20N2O7. The minimum absolute atomic E-state index is 0.116. The number of hydrogen-bond acceptors (Lipinski definition) is 7. The lowest BCUT2D eigenvalue weighted by molar-refractivity contribution is -0.139. The number of hydrogen-bond donors (Lipinski definition) is 2. The summed E-state index contributed by atoms with van der Waals surface area (Å²) in [5.41, 5.74) is 3.57. The second-order valence-corrected chi connectivity index (χ2v) is 6.04. The maximum Gasteiger partial charge on any atom is 0.341 e. The van der Waals surface area contributed by atoms with Crippen LogP contribution in [0, 0.1) is 0 Å². The SMILES string of the molecule is CCOc1ccc2oc(C(=O)N/N=C/c3ccc(OCC(=O)O)c(OC)c3)cc2c1. The molecule has 0 saturated heterocycles. The maximum atomic E-state index is 12.3. The Morgan fingerprint density at radius 3 is 2.70 bits per heavy atom. The largest absolute Gasteiger partial charge is 0.494 e. The van der Waals surface area contributed by atoms with Gasteiger partial charge in [0.25, 0.3) is 0 Å². The molecule has 0 radical (unpaired) electrons. The Morgan fingerprint density at radius 1 is 1.13 bits per heavy atom. The number of carboxylic acid groups (broad SMARTS) is 1. The van der Waals surface area contributed by atoms with Crippen LogP contribution < -0.4 is 19.6 Å². The van der Waals surface area contributed by atoms with Crippen LogP contribution in [0.4, 0.5) is 0 Å². The van der Waals surface area contributed by atoms with Crippen molar-refractivity contribution in [3.05, 3.63) is 53.8 Å². The number of hydrazone groups is 1. The lowest BCUT2D eigenvalue weighted by atomic mass is 10.2. The molecule has 0 atom stereocenters. The fraction of sp³-hybridized carbons (Fsp3) is 0.190. The van der Waals surface area contributed by atoms with Gasteiger partial charge in [0, 0.05) is 5.39 Å². The lowest BCUT2D eigenvalue weighted by Crippen LogP contribution is -2.16. The Bertz CT molecular complexity index is 1090. The van der Waals surface area contributed by atoms with E-state index in [0.717, 1.165) is 5.39 Å². The van der Waals surface area contributed by atoms with Gasteiger partial charge in [-0.05, 0) is 55.0 Å². The van der Waals surface area contributed by atoms with Crippen LogP contribution >= 0.6 is 0 Å². The first-order valence-electron chi connectivity index (χ1n) is 9.02. The van der Waals surface area contributed by atoms with Gasteiger partial charge in [0.15, 0.2) is 23.9 Å². The number of furan rings is 1. The van der Waals surface area contributed by atoms with E-state index in [1.165, 1.54) is 13.3 Å². The van der Waals surface area contributed by atoms with Crippen molar-refractivity contribution in [2.24, 2.45) is 5.10 Å². The van der Waals surface area contributed by atoms with Gasteiger partial charge in [0.2, 0.25) is 0 Å². The third kappa shape index (κ3) is 5.07. The fourth-order valence-electron chi connectivity index (χ4n) is 2.63. The van der Waals surface area contributed by atoms with Crippen molar-refractivity contribution < 1.29 is 33.3 Å². The molecule has 9 nitrogen and oxygen atoms in total. The molecule has 2 N–H and O–H groups in total. The molecule has 0 aliphatic heterocycles. The van der Waals surface area contributed by atoms with Gasteiger partial charge in [-0.2, -0.15) is 5.10 Å². The lowest BCUT2D eigenvalue weighted by Gasteiger charge is -2.09. The highest BCUT2D eigenvalue weighted by Gasteiger charge is 2.12. The molecule has 0 bridgehead atoms. The van der Waals surface area contributed by atoms with Gasteiger partial charge in [-0.25, -0.2) is 10.2 Å². The summed E-state index contributed by atoms with van der Waals surface area (Å²) in [6.07, 6.45) is 1.41. The highest BCUT2D eigenvalue weighted by atomic mass is 16.5. The molecule has 2 aromatic carbocycles. The van der Waals surface area contributed by atoms with Crippen molar-refractivity contribution >= 4 is 29.1 Å². The number of rotatable bonds is 9. The van der Waals surface area contributed by atoms with Gasteiger partial charge >= 0.3 is 11.9 Å². The molecule has 3 rings (SSSR count). The molecule has 0 aliphatic rings. The molecule has 30 heavy (non-hydrogen) atoms. The van der Waals surface area contributed by atoms with Gasteiger partial charge < -0.3 is 23.7 Å². The van der Waals surface area contributed by atoms with Crippen molar-refractivity contribution in [2.75, 3.05) is 20.3 Å². The monoisotopic (exact) mass is 412 g/mol. The molecule has 1 heterocycles. The standard InChI is InChI=1S/C21H20N2O7/c1-3-28-15-5-7-16-14(9-15)10-19(30-16)21(26)23-22-11-13-4-6-17(18(8-13)27-2)29-12-20(24)25/h4-11H,3,12H2,1-2H3,(H,23,26)(H,24,25)/b22-11+. The Labute approximate surface area is 171 Å². The van der Waals surface area contributed by atoms with E-state index in [1.807, 2.05) is 6.92 Å². The number of carboxylic acids is 1. The van der Waals surface area contributed by atoms with Gasteiger partial charge in [0.05, 0.1) is 19.9 Å². The smallest absolute Gasteiger partial charge is 0.341 e. The number of nitrogens with zero attached hydrogens (tertiary/aromatic N) is 1. The summed E-state index contributed by atoms with van der Waals surface area (Å²) in [5, 5.41) is 13.4. The average molecular weight is 412 g/mol. The zero-order valence-electron chi connectivity index (χ0n) is 16.4. The Kier molecular flexibility index (Phi) is 6.53. The van der Waals surface area contributed by atoms with Gasteiger partial charge in [-0.1, -0.05) is 0 Å². The van der Waals surface area contributed by atoms with Crippen LogP contribution in [0.15, 0.2) is 52.0 Å². The Morgan fingerprint density at radius 2 is 1.97 bits per heavy atom. The van der Waals surface area contributed by atoms with Crippen molar-refractivity contribution in [3.63, 3.8) is 0 Å². The zero-order chi connectivity index (χ0) is 21.5. The summed E-state index contributed by atoms with van der Waals surface area (Å²) < 4.78 is 21.3. The number of carbonyl (C=O) groups is 2.